The third kappa shape index (κ3) is 3.93. The van der Waals surface area contributed by atoms with Gasteiger partial charge in [-0.3, -0.25) is 9.59 Å². The van der Waals surface area contributed by atoms with Gasteiger partial charge in [0.2, 0.25) is 0 Å². The smallest absolute Gasteiger partial charge is 0.258 e. The number of ether oxygens (including phenoxy) is 1. The van der Waals surface area contributed by atoms with E-state index in [4.69, 9.17) is 10.5 Å². The van der Waals surface area contributed by atoms with Crippen LogP contribution in [0.25, 0.3) is 0 Å². The van der Waals surface area contributed by atoms with Crippen molar-refractivity contribution in [2.45, 2.75) is 18.9 Å². The molecule has 0 saturated heterocycles. The summed E-state index contributed by atoms with van der Waals surface area (Å²) in [5, 5.41) is 3.03. The highest BCUT2D eigenvalue weighted by Crippen LogP contribution is 2.40. The summed E-state index contributed by atoms with van der Waals surface area (Å²) in [5.74, 6) is 0.0123. The van der Waals surface area contributed by atoms with Gasteiger partial charge in [0.1, 0.15) is 5.75 Å². The summed E-state index contributed by atoms with van der Waals surface area (Å²) in [7, 11) is 0. The number of carbonyl (C=O) groups excluding carboxylic acids is 2. The zero-order chi connectivity index (χ0) is 16.9. The molecule has 0 radical (unpaired) electrons. The van der Waals surface area contributed by atoms with E-state index < -0.39 is 5.91 Å². The molecule has 1 fully saturated rings. The molecule has 0 heterocycles. The summed E-state index contributed by atoms with van der Waals surface area (Å²) in [5.41, 5.74) is 6.68. The standard InChI is InChI=1S/C19H20N2O3/c20-19(23)15-8-4-5-9-16(15)24-12-17(22)21-18(14-10-11-14)13-6-2-1-3-7-13/h1-9,14,18H,10-12H2,(H2,20,23)(H,21,22). The van der Waals surface area contributed by atoms with Crippen molar-refractivity contribution in [3.05, 3.63) is 65.7 Å². The number of nitrogens with one attached hydrogen (secondary N) is 1. The van der Waals surface area contributed by atoms with Crippen LogP contribution in [0.2, 0.25) is 0 Å². The first kappa shape index (κ1) is 16.1. The van der Waals surface area contributed by atoms with Crippen LogP contribution in [0.4, 0.5) is 0 Å². The van der Waals surface area contributed by atoms with Crippen molar-refractivity contribution < 1.29 is 14.3 Å². The Kier molecular flexibility index (Phi) is 4.79. The second-order valence-electron chi connectivity index (χ2n) is 5.94. The molecule has 1 aliphatic carbocycles. The molecule has 3 N–H and O–H groups in total. The number of carbonyl (C=O) groups is 2. The van der Waals surface area contributed by atoms with Gasteiger partial charge in [-0.05, 0) is 36.5 Å². The number of rotatable bonds is 7. The molecule has 1 aliphatic rings. The van der Waals surface area contributed by atoms with Crippen molar-refractivity contribution >= 4 is 11.8 Å². The largest absolute Gasteiger partial charge is 0.483 e. The SMILES string of the molecule is NC(=O)c1ccccc1OCC(=O)NC(c1ccccc1)C1CC1. The highest BCUT2D eigenvalue weighted by Gasteiger charge is 2.33. The van der Waals surface area contributed by atoms with Crippen LogP contribution in [0, 0.1) is 5.92 Å². The molecule has 0 bridgehead atoms. The number of hydrogen-bond acceptors (Lipinski definition) is 3. The van der Waals surface area contributed by atoms with E-state index in [-0.39, 0.29) is 24.1 Å². The van der Waals surface area contributed by atoms with Crippen LogP contribution in [0.3, 0.4) is 0 Å². The molecule has 0 spiro atoms. The van der Waals surface area contributed by atoms with Crippen LogP contribution in [-0.2, 0) is 4.79 Å². The monoisotopic (exact) mass is 324 g/mol. The molecule has 1 unspecified atom stereocenters. The van der Waals surface area contributed by atoms with Gasteiger partial charge in [0.25, 0.3) is 11.8 Å². The molecule has 2 amide bonds. The first-order chi connectivity index (χ1) is 11.6. The lowest BCUT2D eigenvalue weighted by Gasteiger charge is -2.19. The fourth-order valence-corrected chi connectivity index (χ4v) is 2.72. The van der Waals surface area contributed by atoms with Gasteiger partial charge in [-0.2, -0.15) is 0 Å². The van der Waals surface area contributed by atoms with Crippen molar-refractivity contribution in [3.63, 3.8) is 0 Å². The van der Waals surface area contributed by atoms with E-state index in [9.17, 15) is 9.59 Å². The molecule has 5 nitrogen and oxygen atoms in total. The van der Waals surface area contributed by atoms with Gasteiger partial charge >= 0.3 is 0 Å². The van der Waals surface area contributed by atoms with Crippen LogP contribution in [-0.4, -0.2) is 18.4 Å². The molecule has 0 aliphatic heterocycles. The van der Waals surface area contributed by atoms with Crippen LogP contribution in [0.1, 0.15) is 34.8 Å². The van der Waals surface area contributed by atoms with Crippen molar-refractivity contribution in [2.24, 2.45) is 11.7 Å². The Hall–Kier alpha value is -2.82. The van der Waals surface area contributed by atoms with E-state index in [0.717, 1.165) is 18.4 Å². The maximum Gasteiger partial charge on any atom is 0.258 e. The third-order valence-corrected chi connectivity index (χ3v) is 4.08. The quantitative estimate of drug-likeness (QED) is 0.821. The van der Waals surface area contributed by atoms with E-state index in [1.54, 1.807) is 24.3 Å². The zero-order valence-corrected chi connectivity index (χ0v) is 13.3. The molecule has 1 saturated carbocycles. The second-order valence-corrected chi connectivity index (χ2v) is 5.94. The zero-order valence-electron chi connectivity index (χ0n) is 13.3. The molecule has 2 aromatic rings. The normalized spacial score (nSPS) is 14.7. The van der Waals surface area contributed by atoms with Crippen LogP contribution in [0.5, 0.6) is 5.75 Å². The van der Waals surface area contributed by atoms with Gasteiger partial charge in [-0.1, -0.05) is 42.5 Å². The van der Waals surface area contributed by atoms with Crippen LogP contribution >= 0.6 is 0 Å². The summed E-state index contributed by atoms with van der Waals surface area (Å²) in [4.78, 5) is 23.6. The van der Waals surface area contributed by atoms with Gasteiger partial charge < -0.3 is 15.8 Å². The van der Waals surface area contributed by atoms with Gasteiger partial charge in [0.05, 0.1) is 11.6 Å². The topological polar surface area (TPSA) is 81.4 Å². The predicted molar refractivity (Wildman–Crippen MR) is 90.5 cm³/mol. The lowest BCUT2D eigenvalue weighted by molar-refractivity contribution is -0.124. The number of benzene rings is 2. The van der Waals surface area contributed by atoms with Gasteiger partial charge in [-0.25, -0.2) is 0 Å². The molecule has 1 atom stereocenters. The highest BCUT2D eigenvalue weighted by molar-refractivity contribution is 5.95. The molecule has 0 aromatic heterocycles. The Balaban J connectivity index is 1.62. The number of primary amides is 1. The van der Waals surface area contributed by atoms with E-state index >= 15 is 0 Å². The fourth-order valence-electron chi connectivity index (χ4n) is 2.72. The van der Waals surface area contributed by atoms with Crippen molar-refractivity contribution in [1.82, 2.24) is 5.32 Å². The minimum absolute atomic E-state index is 0.00804. The van der Waals surface area contributed by atoms with Gasteiger partial charge in [-0.15, -0.1) is 0 Å². The fraction of sp³-hybridized carbons (Fsp3) is 0.263. The first-order valence-corrected chi connectivity index (χ1v) is 8.01. The van der Waals surface area contributed by atoms with E-state index in [1.807, 2.05) is 30.3 Å². The predicted octanol–water partition coefficient (Wildman–Crippen LogP) is 2.43. The number of hydrogen-bond donors (Lipinski definition) is 2. The third-order valence-electron chi connectivity index (χ3n) is 4.08. The van der Waals surface area contributed by atoms with E-state index in [2.05, 4.69) is 5.32 Å². The Labute approximate surface area is 140 Å². The molecule has 2 aromatic carbocycles. The molecule has 5 heteroatoms. The van der Waals surface area contributed by atoms with Gasteiger partial charge in [0.15, 0.2) is 6.61 Å². The molecule has 24 heavy (non-hydrogen) atoms. The lowest BCUT2D eigenvalue weighted by Crippen LogP contribution is -2.34. The molecule has 3 rings (SSSR count). The van der Waals surface area contributed by atoms with Gasteiger partial charge in [0, 0.05) is 0 Å². The van der Waals surface area contributed by atoms with E-state index in [1.165, 1.54) is 0 Å². The van der Waals surface area contributed by atoms with Crippen molar-refractivity contribution in [1.29, 1.82) is 0 Å². The maximum atomic E-state index is 12.3. The molecule has 124 valence electrons. The van der Waals surface area contributed by atoms with Crippen molar-refractivity contribution in [2.75, 3.05) is 6.61 Å². The number of nitrogens with two attached hydrogens (primary N) is 1. The van der Waals surface area contributed by atoms with E-state index in [0.29, 0.717) is 11.7 Å². The molecular weight excluding hydrogens is 304 g/mol. The average Bonchev–Trinajstić information content (AvgIpc) is 3.43. The summed E-state index contributed by atoms with van der Waals surface area (Å²) in [6, 6.07) is 16.6. The number of para-hydroxylation sites is 1. The minimum atomic E-state index is -0.578. The summed E-state index contributed by atoms with van der Waals surface area (Å²) >= 11 is 0. The maximum absolute atomic E-state index is 12.3. The van der Waals surface area contributed by atoms with Crippen molar-refractivity contribution in [3.8, 4) is 5.75 Å². The number of amides is 2. The minimum Gasteiger partial charge on any atom is -0.483 e. The second kappa shape index (κ2) is 7.17. The summed E-state index contributed by atoms with van der Waals surface area (Å²) in [6.45, 7) is -0.152. The first-order valence-electron chi connectivity index (χ1n) is 8.01. The Bertz CT molecular complexity index is 726. The molecular formula is C19H20N2O3. The van der Waals surface area contributed by atoms with Crippen LogP contribution in [0.15, 0.2) is 54.6 Å². The Morgan fingerprint density at radius 2 is 1.75 bits per heavy atom. The lowest BCUT2D eigenvalue weighted by atomic mass is 10.0. The summed E-state index contributed by atoms with van der Waals surface area (Å²) < 4.78 is 5.48. The highest BCUT2D eigenvalue weighted by atomic mass is 16.5. The average molecular weight is 324 g/mol. The summed E-state index contributed by atoms with van der Waals surface area (Å²) in [6.07, 6.45) is 2.23. The van der Waals surface area contributed by atoms with Crippen LogP contribution < -0.4 is 15.8 Å². The Morgan fingerprint density at radius 3 is 2.42 bits per heavy atom. The Morgan fingerprint density at radius 1 is 1.08 bits per heavy atom.